The summed E-state index contributed by atoms with van der Waals surface area (Å²) in [5, 5.41) is 6.40. The van der Waals surface area contributed by atoms with Crippen molar-refractivity contribution in [2.45, 2.75) is 0 Å². The maximum Gasteiger partial charge on any atom is 0.132 e. The molecule has 0 saturated carbocycles. The minimum atomic E-state index is -0.254. The molecule has 66 valence electrons. The van der Waals surface area contributed by atoms with Crippen LogP contribution in [0, 0.1) is 5.82 Å². The molecular formula is C9H6BrFN2. The van der Waals surface area contributed by atoms with Crippen LogP contribution < -0.4 is 0 Å². The number of hydrogen-bond acceptors (Lipinski definition) is 1. The van der Waals surface area contributed by atoms with E-state index in [9.17, 15) is 4.39 Å². The van der Waals surface area contributed by atoms with E-state index in [4.69, 9.17) is 0 Å². The normalized spacial score (nSPS) is 10.3. The molecule has 1 N–H and O–H groups in total. The van der Waals surface area contributed by atoms with Crippen LogP contribution in [0.2, 0.25) is 0 Å². The fourth-order valence-corrected chi connectivity index (χ4v) is 1.45. The fraction of sp³-hybridized carbons (Fsp3) is 0. The lowest BCUT2D eigenvalue weighted by atomic mass is 10.1. The van der Waals surface area contributed by atoms with E-state index in [1.54, 1.807) is 24.5 Å². The third-order valence-electron chi connectivity index (χ3n) is 1.74. The van der Waals surface area contributed by atoms with E-state index >= 15 is 0 Å². The number of halogens is 2. The third kappa shape index (κ3) is 1.62. The van der Waals surface area contributed by atoms with Crippen molar-refractivity contribution in [1.29, 1.82) is 0 Å². The average molecular weight is 241 g/mol. The highest BCUT2D eigenvalue weighted by Crippen LogP contribution is 2.24. The summed E-state index contributed by atoms with van der Waals surface area (Å²) in [4.78, 5) is 0. The van der Waals surface area contributed by atoms with Gasteiger partial charge < -0.3 is 0 Å². The van der Waals surface area contributed by atoms with Crippen LogP contribution in [0.4, 0.5) is 4.39 Å². The molecular weight excluding hydrogens is 235 g/mol. The van der Waals surface area contributed by atoms with Crippen LogP contribution in [0.5, 0.6) is 0 Å². The van der Waals surface area contributed by atoms with Crippen molar-refractivity contribution in [2.75, 3.05) is 0 Å². The molecule has 1 aromatic heterocycles. The number of nitrogens with one attached hydrogen (secondary N) is 1. The van der Waals surface area contributed by atoms with Gasteiger partial charge in [0.15, 0.2) is 0 Å². The predicted octanol–water partition coefficient (Wildman–Crippen LogP) is 2.98. The molecule has 0 aliphatic rings. The van der Waals surface area contributed by atoms with E-state index in [-0.39, 0.29) is 5.82 Å². The van der Waals surface area contributed by atoms with Gasteiger partial charge in [0.25, 0.3) is 0 Å². The molecule has 0 spiro atoms. The van der Waals surface area contributed by atoms with Gasteiger partial charge in [0, 0.05) is 21.8 Å². The van der Waals surface area contributed by atoms with Gasteiger partial charge in [-0.05, 0) is 12.1 Å². The van der Waals surface area contributed by atoms with Crippen molar-refractivity contribution in [3.05, 3.63) is 40.9 Å². The van der Waals surface area contributed by atoms with Gasteiger partial charge in [-0.25, -0.2) is 4.39 Å². The summed E-state index contributed by atoms with van der Waals surface area (Å²) in [5.41, 5.74) is 1.31. The molecule has 1 heterocycles. The number of H-pyrrole nitrogens is 1. The van der Waals surface area contributed by atoms with Gasteiger partial charge in [-0.15, -0.1) is 0 Å². The van der Waals surface area contributed by atoms with Crippen molar-refractivity contribution >= 4 is 15.9 Å². The number of benzene rings is 1. The van der Waals surface area contributed by atoms with E-state index in [0.29, 0.717) is 5.56 Å². The highest BCUT2D eigenvalue weighted by Gasteiger charge is 2.05. The molecule has 0 unspecified atom stereocenters. The number of rotatable bonds is 1. The van der Waals surface area contributed by atoms with Crippen LogP contribution in [0.1, 0.15) is 0 Å². The average Bonchev–Trinajstić information content (AvgIpc) is 2.56. The second kappa shape index (κ2) is 3.30. The van der Waals surface area contributed by atoms with Crippen molar-refractivity contribution in [3.8, 4) is 11.1 Å². The van der Waals surface area contributed by atoms with Gasteiger partial charge in [-0.2, -0.15) is 5.10 Å². The number of hydrogen-bond donors (Lipinski definition) is 1. The van der Waals surface area contributed by atoms with Crippen molar-refractivity contribution in [3.63, 3.8) is 0 Å². The second-order valence-corrected chi connectivity index (χ2v) is 3.53. The van der Waals surface area contributed by atoms with E-state index in [2.05, 4.69) is 26.1 Å². The maximum atomic E-state index is 13.3. The Morgan fingerprint density at radius 3 is 2.85 bits per heavy atom. The molecule has 0 radical (unpaired) electrons. The van der Waals surface area contributed by atoms with Crippen LogP contribution in [0.3, 0.4) is 0 Å². The van der Waals surface area contributed by atoms with Gasteiger partial charge >= 0.3 is 0 Å². The van der Waals surface area contributed by atoms with E-state index in [1.807, 2.05) is 0 Å². The van der Waals surface area contributed by atoms with Crippen LogP contribution in [0.25, 0.3) is 11.1 Å². The first-order chi connectivity index (χ1) is 6.27. The Bertz CT molecular complexity index is 412. The van der Waals surface area contributed by atoms with Crippen molar-refractivity contribution < 1.29 is 4.39 Å². The van der Waals surface area contributed by atoms with Gasteiger partial charge in [0.1, 0.15) is 5.82 Å². The minimum Gasteiger partial charge on any atom is -0.285 e. The highest BCUT2D eigenvalue weighted by molar-refractivity contribution is 9.10. The lowest BCUT2D eigenvalue weighted by Gasteiger charge is -1.99. The molecule has 0 atom stereocenters. The molecule has 0 amide bonds. The van der Waals surface area contributed by atoms with Crippen LogP contribution >= 0.6 is 15.9 Å². The summed E-state index contributed by atoms with van der Waals surface area (Å²) in [6.07, 6.45) is 3.25. The molecule has 2 nitrogen and oxygen atoms in total. The first-order valence-corrected chi connectivity index (χ1v) is 4.51. The van der Waals surface area contributed by atoms with E-state index in [0.717, 1.165) is 10.0 Å². The lowest BCUT2D eigenvalue weighted by molar-refractivity contribution is 0.630. The molecule has 0 bridgehead atoms. The zero-order chi connectivity index (χ0) is 9.26. The molecule has 2 rings (SSSR count). The lowest BCUT2D eigenvalue weighted by Crippen LogP contribution is -1.81. The Balaban J connectivity index is 2.53. The number of aromatic nitrogens is 2. The van der Waals surface area contributed by atoms with Crippen molar-refractivity contribution in [1.82, 2.24) is 10.2 Å². The van der Waals surface area contributed by atoms with Gasteiger partial charge in [0.05, 0.1) is 6.20 Å². The Kier molecular flexibility index (Phi) is 2.14. The standard InChI is InChI=1S/C9H6BrFN2/c10-7-1-2-8(9(11)3-7)6-4-12-13-5-6/h1-5H,(H,12,13). The summed E-state index contributed by atoms with van der Waals surface area (Å²) in [5.74, 6) is -0.254. The Morgan fingerprint density at radius 2 is 2.23 bits per heavy atom. The summed E-state index contributed by atoms with van der Waals surface area (Å²) in [7, 11) is 0. The monoisotopic (exact) mass is 240 g/mol. The molecule has 0 saturated heterocycles. The van der Waals surface area contributed by atoms with Gasteiger partial charge in [0.2, 0.25) is 0 Å². The largest absolute Gasteiger partial charge is 0.285 e. The number of aromatic amines is 1. The first kappa shape index (κ1) is 8.44. The quantitative estimate of drug-likeness (QED) is 0.816. The summed E-state index contributed by atoms with van der Waals surface area (Å²) in [6, 6.07) is 4.94. The Morgan fingerprint density at radius 1 is 1.38 bits per heavy atom. The van der Waals surface area contributed by atoms with Gasteiger partial charge in [-0.1, -0.05) is 22.0 Å². The van der Waals surface area contributed by atoms with E-state index in [1.165, 1.54) is 6.07 Å². The Hall–Kier alpha value is -1.16. The van der Waals surface area contributed by atoms with E-state index < -0.39 is 0 Å². The molecule has 0 aliphatic heterocycles. The molecule has 1 aromatic carbocycles. The smallest absolute Gasteiger partial charge is 0.132 e. The highest BCUT2D eigenvalue weighted by atomic mass is 79.9. The molecule has 0 aliphatic carbocycles. The fourth-order valence-electron chi connectivity index (χ4n) is 1.12. The SMILES string of the molecule is Fc1cc(Br)ccc1-c1cn[nH]c1. The topological polar surface area (TPSA) is 28.7 Å². The molecule has 0 fully saturated rings. The summed E-state index contributed by atoms with van der Waals surface area (Å²) in [6.45, 7) is 0. The minimum absolute atomic E-state index is 0.254. The Labute approximate surface area is 82.9 Å². The molecule has 4 heteroatoms. The summed E-state index contributed by atoms with van der Waals surface area (Å²) >= 11 is 3.20. The second-order valence-electron chi connectivity index (χ2n) is 2.61. The number of nitrogens with zero attached hydrogens (tertiary/aromatic N) is 1. The molecule has 13 heavy (non-hydrogen) atoms. The first-order valence-electron chi connectivity index (χ1n) is 3.71. The van der Waals surface area contributed by atoms with Crippen LogP contribution in [0.15, 0.2) is 35.1 Å². The zero-order valence-electron chi connectivity index (χ0n) is 6.59. The molecule has 2 aromatic rings. The van der Waals surface area contributed by atoms with Crippen LogP contribution in [-0.2, 0) is 0 Å². The van der Waals surface area contributed by atoms with Crippen molar-refractivity contribution in [2.24, 2.45) is 0 Å². The van der Waals surface area contributed by atoms with Crippen LogP contribution in [-0.4, -0.2) is 10.2 Å². The predicted molar refractivity (Wildman–Crippen MR) is 51.7 cm³/mol. The third-order valence-corrected chi connectivity index (χ3v) is 2.23. The zero-order valence-corrected chi connectivity index (χ0v) is 8.18. The summed E-state index contributed by atoms with van der Waals surface area (Å²) < 4.78 is 14.1. The van der Waals surface area contributed by atoms with Gasteiger partial charge in [-0.3, -0.25) is 5.10 Å². The maximum absolute atomic E-state index is 13.3.